The van der Waals surface area contributed by atoms with E-state index in [0.29, 0.717) is 11.6 Å². The molecule has 0 spiro atoms. The molecule has 2 aliphatic rings. The highest BCUT2D eigenvalue weighted by molar-refractivity contribution is 4.99. The third-order valence-corrected chi connectivity index (χ3v) is 2.99. The van der Waals surface area contributed by atoms with Gasteiger partial charge in [0, 0.05) is 18.1 Å². The van der Waals surface area contributed by atoms with Crippen molar-refractivity contribution in [2.24, 2.45) is 11.7 Å². The van der Waals surface area contributed by atoms with Crippen LogP contribution in [0.4, 0.5) is 0 Å². The molecule has 2 nitrogen and oxygen atoms in total. The first-order valence-corrected chi connectivity index (χ1v) is 4.70. The van der Waals surface area contributed by atoms with Gasteiger partial charge in [0.25, 0.3) is 0 Å². The highest BCUT2D eigenvalue weighted by Crippen LogP contribution is 2.35. The molecule has 0 aromatic carbocycles. The summed E-state index contributed by atoms with van der Waals surface area (Å²) < 4.78 is 0. The van der Waals surface area contributed by atoms with Crippen LogP contribution < -0.4 is 11.1 Å². The maximum absolute atomic E-state index is 5.95. The smallest absolute Gasteiger partial charge is 0.0194 e. The largest absolute Gasteiger partial charge is 0.326 e. The fraction of sp³-hybridized carbons (Fsp3) is 1.00. The zero-order chi connectivity index (χ0) is 7.90. The topological polar surface area (TPSA) is 38.0 Å². The summed E-state index contributed by atoms with van der Waals surface area (Å²) in [5.74, 6) is 0.838. The molecule has 0 heterocycles. The van der Waals surface area contributed by atoms with Crippen LogP contribution in [0.2, 0.25) is 0 Å². The zero-order valence-corrected chi connectivity index (χ0v) is 7.27. The summed E-state index contributed by atoms with van der Waals surface area (Å²) in [6.45, 7) is 3.31. The molecule has 2 fully saturated rings. The number of nitrogens with two attached hydrogens (primary N) is 1. The molecule has 2 aliphatic carbocycles. The van der Waals surface area contributed by atoms with Gasteiger partial charge in [0.2, 0.25) is 0 Å². The van der Waals surface area contributed by atoms with Crippen molar-refractivity contribution in [3.05, 3.63) is 0 Å². The van der Waals surface area contributed by atoms with Crippen LogP contribution in [-0.2, 0) is 0 Å². The number of nitrogens with one attached hydrogen (secondary N) is 1. The van der Waals surface area contributed by atoms with Crippen LogP contribution in [0.15, 0.2) is 0 Å². The summed E-state index contributed by atoms with van der Waals surface area (Å²) in [7, 11) is 0. The summed E-state index contributed by atoms with van der Waals surface area (Å²) >= 11 is 0. The maximum Gasteiger partial charge on any atom is 0.0194 e. The summed E-state index contributed by atoms with van der Waals surface area (Å²) in [5, 5.41) is 3.53. The van der Waals surface area contributed by atoms with E-state index in [1.54, 1.807) is 0 Å². The first kappa shape index (κ1) is 7.56. The average Bonchev–Trinajstić information content (AvgIpc) is 2.76. The van der Waals surface area contributed by atoms with Gasteiger partial charge >= 0.3 is 0 Å². The van der Waals surface area contributed by atoms with Crippen molar-refractivity contribution in [3.8, 4) is 0 Å². The van der Waals surface area contributed by atoms with Crippen molar-refractivity contribution < 1.29 is 0 Å². The Labute approximate surface area is 68.5 Å². The van der Waals surface area contributed by atoms with Gasteiger partial charge in [-0.1, -0.05) is 0 Å². The van der Waals surface area contributed by atoms with Gasteiger partial charge in [-0.05, 0) is 38.5 Å². The van der Waals surface area contributed by atoms with Crippen molar-refractivity contribution >= 4 is 0 Å². The number of rotatable bonds is 4. The Morgan fingerprint density at radius 3 is 2.64 bits per heavy atom. The van der Waals surface area contributed by atoms with Crippen molar-refractivity contribution in [1.82, 2.24) is 5.32 Å². The molecule has 0 bridgehead atoms. The average molecular weight is 154 g/mol. The number of hydrogen-bond acceptors (Lipinski definition) is 2. The highest BCUT2D eigenvalue weighted by atomic mass is 15.0. The van der Waals surface area contributed by atoms with E-state index >= 15 is 0 Å². The molecule has 2 saturated carbocycles. The summed E-state index contributed by atoms with van der Waals surface area (Å²) in [4.78, 5) is 0. The molecule has 0 saturated heterocycles. The van der Waals surface area contributed by atoms with Gasteiger partial charge in [0.05, 0.1) is 0 Å². The Morgan fingerprint density at radius 1 is 1.55 bits per heavy atom. The fourth-order valence-electron chi connectivity index (χ4n) is 1.42. The second-order valence-corrected chi connectivity index (χ2v) is 4.44. The fourth-order valence-corrected chi connectivity index (χ4v) is 1.42. The van der Waals surface area contributed by atoms with Crippen LogP contribution in [-0.4, -0.2) is 18.1 Å². The molecule has 0 radical (unpaired) electrons. The summed E-state index contributed by atoms with van der Waals surface area (Å²) in [6.07, 6.45) is 5.40. The zero-order valence-electron chi connectivity index (χ0n) is 7.27. The van der Waals surface area contributed by atoms with E-state index < -0.39 is 0 Å². The minimum atomic E-state index is 0.424. The lowest BCUT2D eigenvalue weighted by Gasteiger charge is -2.15. The molecule has 1 unspecified atom stereocenters. The lowest BCUT2D eigenvalue weighted by Crippen LogP contribution is -2.40. The molecule has 0 amide bonds. The molecule has 3 N–H and O–H groups in total. The van der Waals surface area contributed by atoms with Crippen molar-refractivity contribution in [2.75, 3.05) is 6.54 Å². The first-order valence-electron chi connectivity index (χ1n) is 4.70. The third-order valence-electron chi connectivity index (χ3n) is 2.99. The summed E-state index contributed by atoms with van der Waals surface area (Å²) in [6, 6.07) is 0.424. The molecule has 11 heavy (non-hydrogen) atoms. The van der Waals surface area contributed by atoms with E-state index in [-0.39, 0.29) is 0 Å². The molecular weight excluding hydrogens is 136 g/mol. The quantitative estimate of drug-likeness (QED) is 0.630. The SMILES string of the molecule is CC1(NCC(N)C2CC2)CC1. The van der Waals surface area contributed by atoms with Gasteiger partial charge in [0.1, 0.15) is 0 Å². The second kappa shape index (κ2) is 2.46. The normalized spacial score (nSPS) is 30.0. The number of hydrogen-bond donors (Lipinski definition) is 2. The molecule has 0 aliphatic heterocycles. The van der Waals surface area contributed by atoms with Crippen molar-refractivity contribution in [1.29, 1.82) is 0 Å². The Morgan fingerprint density at radius 2 is 2.18 bits per heavy atom. The van der Waals surface area contributed by atoms with Crippen LogP contribution >= 0.6 is 0 Å². The van der Waals surface area contributed by atoms with Crippen molar-refractivity contribution in [3.63, 3.8) is 0 Å². The van der Waals surface area contributed by atoms with Gasteiger partial charge in [-0.25, -0.2) is 0 Å². The molecule has 0 aromatic rings. The molecule has 0 aromatic heterocycles. The molecule has 2 rings (SSSR count). The van der Waals surface area contributed by atoms with E-state index in [0.717, 1.165) is 12.5 Å². The minimum Gasteiger partial charge on any atom is -0.326 e. The highest BCUT2D eigenvalue weighted by Gasteiger charge is 2.38. The Bertz CT molecular complexity index is 148. The predicted molar refractivity (Wildman–Crippen MR) is 46.3 cm³/mol. The third kappa shape index (κ3) is 1.94. The molecule has 2 heteroatoms. The van der Waals surface area contributed by atoms with E-state index in [2.05, 4.69) is 12.2 Å². The van der Waals surface area contributed by atoms with Gasteiger partial charge < -0.3 is 11.1 Å². The minimum absolute atomic E-state index is 0.424. The van der Waals surface area contributed by atoms with Crippen molar-refractivity contribution in [2.45, 2.75) is 44.2 Å². The lowest BCUT2D eigenvalue weighted by atomic mass is 10.2. The van der Waals surface area contributed by atoms with E-state index in [9.17, 15) is 0 Å². The maximum atomic E-state index is 5.95. The van der Waals surface area contributed by atoms with Gasteiger partial charge in [-0.3, -0.25) is 0 Å². The lowest BCUT2D eigenvalue weighted by molar-refractivity contribution is 0.466. The van der Waals surface area contributed by atoms with Crippen LogP contribution in [0, 0.1) is 5.92 Å². The Kier molecular flexibility index (Phi) is 1.69. The van der Waals surface area contributed by atoms with Crippen LogP contribution in [0.3, 0.4) is 0 Å². The second-order valence-electron chi connectivity index (χ2n) is 4.44. The van der Waals surface area contributed by atoms with E-state index in [1.807, 2.05) is 0 Å². The summed E-state index contributed by atoms with van der Waals surface area (Å²) in [5.41, 5.74) is 6.42. The van der Waals surface area contributed by atoms with E-state index in [1.165, 1.54) is 25.7 Å². The van der Waals surface area contributed by atoms with Gasteiger partial charge in [-0.15, -0.1) is 0 Å². The van der Waals surface area contributed by atoms with Crippen LogP contribution in [0.5, 0.6) is 0 Å². The van der Waals surface area contributed by atoms with Crippen LogP contribution in [0.1, 0.15) is 32.6 Å². The Balaban J connectivity index is 1.65. The molecular formula is C9H18N2. The van der Waals surface area contributed by atoms with Gasteiger partial charge in [-0.2, -0.15) is 0 Å². The monoisotopic (exact) mass is 154 g/mol. The van der Waals surface area contributed by atoms with Crippen LogP contribution in [0.25, 0.3) is 0 Å². The Hall–Kier alpha value is -0.0800. The molecule has 64 valence electrons. The first-order chi connectivity index (χ1) is 5.20. The standard InChI is InChI=1S/C9H18N2/c1-9(4-5-9)11-6-8(10)7-2-3-7/h7-8,11H,2-6,10H2,1H3. The molecule has 1 atom stereocenters. The van der Waals surface area contributed by atoms with E-state index in [4.69, 9.17) is 5.73 Å². The van der Waals surface area contributed by atoms with Gasteiger partial charge in [0.15, 0.2) is 0 Å². The predicted octanol–water partition coefficient (Wildman–Crippen LogP) is 0.866.